The van der Waals surface area contributed by atoms with Crippen molar-refractivity contribution in [3.63, 3.8) is 0 Å². The number of para-hydroxylation sites is 1. The molecule has 158 valence electrons. The Balaban J connectivity index is 1.66. The Kier molecular flexibility index (Phi) is 5.27. The van der Waals surface area contributed by atoms with Crippen molar-refractivity contribution in [2.45, 2.75) is 32.6 Å². The van der Waals surface area contributed by atoms with Gasteiger partial charge in [0.05, 0.1) is 17.2 Å². The maximum absolute atomic E-state index is 13.9. The minimum Gasteiger partial charge on any atom is -0.342 e. The number of benzene rings is 1. The van der Waals surface area contributed by atoms with E-state index in [0.29, 0.717) is 17.8 Å². The number of aromatic nitrogens is 2. The Labute approximate surface area is 172 Å². The van der Waals surface area contributed by atoms with E-state index in [0.717, 1.165) is 19.5 Å². The van der Waals surface area contributed by atoms with E-state index in [-0.39, 0.29) is 23.5 Å². The maximum atomic E-state index is 13.9. The Morgan fingerprint density at radius 3 is 2.60 bits per heavy atom. The molecule has 30 heavy (non-hydrogen) atoms. The van der Waals surface area contributed by atoms with Crippen molar-refractivity contribution in [1.82, 2.24) is 9.97 Å². The molecule has 1 fully saturated rings. The molecule has 3 unspecified atom stereocenters. The molecule has 3 heterocycles. The van der Waals surface area contributed by atoms with Crippen molar-refractivity contribution in [2.75, 3.05) is 28.6 Å². The Hall–Kier alpha value is -3.23. The molecule has 2 aliphatic heterocycles. The van der Waals surface area contributed by atoms with Gasteiger partial charge in [-0.2, -0.15) is 4.98 Å². The van der Waals surface area contributed by atoms with Gasteiger partial charge in [-0.15, -0.1) is 0 Å². The normalized spacial score (nSPS) is 23.5. The SMILES string of the molecule is CC1CC(C)CN(c2nc3c(c(=O)[nH]2)C(C(=O)Nc2ccccc2F)CC(=O)N3)C1. The summed E-state index contributed by atoms with van der Waals surface area (Å²) in [5.41, 5.74) is -0.396. The van der Waals surface area contributed by atoms with Crippen molar-refractivity contribution in [2.24, 2.45) is 11.8 Å². The lowest BCUT2D eigenvalue weighted by atomic mass is 9.91. The summed E-state index contributed by atoms with van der Waals surface area (Å²) in [5.74, 6) is -1.33. The van der Waals surface area contributed by atoms with Crippen molar-refractivity contribution in [1.29, 1.82) is 0 Å². The van der Waals surface area contributed by atoms with Gasteiger partial charge in [0.1, 0.15) is 11.6 Å². The first-order valence-corrected chi connectivity index (χ1v) is 10.1. The number of rotatable bonds is 3. The molecular formula is C21H24FN5O3. The zero-order valence-electron chi connectivity index (χ0n) is 16.9. The zero-order valence-corrected chi connectivity index (χ0v) is 16.9. The molecule has 1 saturated heterocycles. The fourth-order valence-corrected chi connectivity index (χ4v) is 4.35. The first-order chi connectivity index (χ1) is 14.3. The minimum absolute atomic E-state index is 0.00710. The molecular weight excluding hydrogens is 389 g/mol. The zero-order chi connectivity index (χ0) is 21.4. The number of hydrogen-bond donors (Lipinski definition) is 3. The third-order valence-corrected chi connectivity index (χ3v) is 5.56. The van der Waals surface area contributed by atoms with E-state index in [1.54, 1.807) is 6.07 Å². The van der Waals surface area contributed by atoms with Gasteiger partial charge < -0.3 is 15.5 Å². The minimum atomic E-state index is -1.06. The van der Waals surface area contributed by atoms with Gasteiger partial charge in [-0.25, -0.2) is 4.39 Å². The summed E-state index contributed by atoms with van der Waals surface area (Å²) in [6, 6.07) is 5.73. The topological polar surface area (TPSA) is 107 Å². The fraction of sp³-hybridized carbons (Fsp3) is 0.429. The highest BCUT2D eigenvalue weighted by Crippen LogP contribution is 2.31. The molecule has 2 aliphatic rings. The van der Waals surface area contributed by atoms with Gasteiger partial charge in [-0.3, -0.25) is 19.4 Å². The average molecular weight is 413 g/mol. The van der Waals surface area contributed by atoms with Crippen molar-refractivity contribution in [3.05, 3.63) is 46.0 Å². The van der Waals surface area contributed by atoms with Crippen LogP contribution in [0.25, 0.3) is 0 Å². The molecule has 9 heteroatoms. The summed E-state index contributed by atoms with van der Waals surface area (Å²) < 4.78 is 13.9. The summed E-state index contributed by atoms with van der Waals surface area (Å²) in [6.07, 6.45) is 0.885. The van der Waals surface area contributed by atoms with Gasteiger partial charge in [-0.1, -0.05) is 26.0 Å². The molecule has 1 aromatic carbocycles. The molecule has 3 atom stereocenters. The molecule has 0 radical (unpaired) electrons. The third-order valence-electron chi connectivity index (χ3n) is 5.56. The summed E-state index contributed by atoms with van der Waals surface area (Å²) in [7, 11) is 0. The first-order valence-electron chi connectivity index (χ1n) is 10.1. The van der Waals surface area contributed by atoms with Crippen LogP contribution in [0.5, 0.6) is 0 Å². The second kappa shape index (κ2) is 7.89. The number of amides is 2. The molecule has 0 aliphatic carbocycles. The monoisotopic (exact) mass is 413 g/mol. The van der Waals surface area contributed by atoms with Crippen LogP contribution >= 0.6 is 0 Å². The van der Waals surface area contributed by atoms with E-state index in [9.17, 15) is 18.8 Å². The van der Waals surface area contributed by atoms with E-state index in [2.05, 4.69) is 34.4 Å². The summed E-state index contributed by atoms with van der Waals surface area (Å²) in [4.78, 5) is 47.2. The van der Waals surface area contributed by atoms with Crippen LogP contribution in [0.1, 0.15) is 38.2 Å². The number of carbonyl (C=O) groups excluding carboxylic acids is 2. The highest BCUT2D eigenvalue weighted by molar-refractivity contribution is 6.04. The smallest absolute Gasteiger partial charge is 0.258 e. The lowest BCUT2D eigenvalue weighted by Gasteiger charge is -2.35. The number of fused-ring (bicyclic) bond motifs is 1. The number of H-pyrrole nitrogens is 1. The van der Waals surface area contributed by atoms with Crippen LogP contribution < -0.4 is 21.1 Å². The Morgan fingerprint density at radius 1 is 1.20 bits per heavy atom. The van der Waals surface area contributed by atoms with E-state index >= 15 is 0 Å². The van der Waals surface area contributed by atoms with Crippen molar-refractivity contribution < 1.29 is 14.0 Å². The second-order valence-electron chi connectivity index (χ2n) is 8.28. The molecule has 2 amide bonds. The van der Waals surface area contributed by atoms with Crippen LogP contribution in [-0.4, -0.2) is 34.9 Å². The lowest BCUT2D eigenvalue weighted by Crippen LogP contribution is -2.42. The first kappa shape index (κ1) is 20.1. The molecule has 2 aromatic rings. The van der Waals surface area contributed by atoms with Crippen LogP contribution in [-0.2, 0) is 9.59 Å². The summed E-state index contributed by atoms with van der Waals surface area (Å²) in [5, 5.41) is 5.09. The highest BCUT2D eigenvalue weighted by atomic mass is 19.1. The standard InChI is InChI=1S/C21H24FN5O3/c1-11-7-12(2)10-27(9-11)21-25-18-17(20(30)26-21)13(8-16(28)24-18)19(29)23-15-6-4-3-5-14(15)22/h3-6,11-13H,7-10H2,1-2H3,(H,23,29)(H2,24,25,26,28,30). The number of piperidine rings is 1. The molecule has 8 nitrogen and oxygen atoms in total. The maximum Gasteiger partial charge on any atom is 0.258 e. The molecule has 4 rings (SSSR count). The number of hydrogen-bond acceptors (Lipinski definition) is 5. The molecule has 1 aromatic heterocycles. The largest absolute Gasteiger partial charge is 0.342 e. The van der Waals surface area contributed by atoms with E-state index < -0.39 is 29.1 Å². The van der Waals surface area contributed by atoms with Gasteiger partial charge in [0, 0.05) is 19.5 Å². The van der Waals surface area contributed by atoms with Crippen LogP contribution in [0.2, 0.25) is 0 Å². The van der Waals surface area contributed by atoms with Gasteiger partial charge in [0.2, 0.25) is 17.8 Å². The Bertz CT molecular complexity index is 1040. The van der Waals surface area contributed by atoms with Crippen LogP contribution in [0.3, 0.4) is 0 Å². The number of nitrogens with zero attached hydrogens (tertiary/aromatic N) is 2. The highest BCUT2D eigenvalue weighted by Gasteiger charge is 2.36. The number of nitrogens with one attached hydrogen (secondary N) is 3. The number of anilines is 3. The molecule has 0 saturated carbocycles. The molecule has 0 bridgehead atoms. The van der Waals surface area contributed by atoms with Crippen LogP contribution in [0.15, 0.2) is 29.1 Å². The summed E-state index contributed by atoms with van der Waals surface area (Å²) >= 11 is 0. The van der Waals surface area contributed by atoms with E-state index in [4.69, 9.17) is 0 Å². The van der Waals surface area contributed by atoms with Gasteiger partial charge in [0.25, 0.3) is 5.56 Å². The fourth-order valence-electron chi connectivity index (χ4n) is 4.35. The third kappa shape index (κ3) is 3.92. The van der Waals surface area contributed by atoms with E-state index in [1.165, 1.54) is 18.2 Å². The molecule has 3 N–H and O–H groups in total. The second-order valence-corrected chi connectivity index (χ2v) is 8.28. The number of halogens is 1. The van der Waals surface area contributed by atoms with Crippen LogP contribution in [0.4, 0.5) is 21.8 Å². The summed E-state index contributed by atoms with van der Waals surface area (Å²) in [6.45, 7) is 5.78. The van der Waals surface area contributed by atoms with Crippen molar-refractivity contribution in [3.8, 4) is 0 Å². The van der Waals surface area contributed by atoms with Gasteiger partial charge in [0.15, 0.2) is 0 Å². The molecule has 0 spiro atoms. The van der Waals surface area contributed by atoms with Crippen molar-refractivity contribution >= 4 is 29.3 Å². The van der Waals surface area contributed by atoms with E-state index in [1.807, 2.05) is 4.90 Å². The van der Waals surface area contributed by atoms with Gasteiger partial charge in [-0.05, 0) is 30.4 Å². The predicted molar refractivity (Wildman–Crippen MR) is 111 cm³/mol. The predicted octanol–water partition coefficient (Wildman–Crippen LogP) is 2.46. The number of carbonyl (C=O) groups is 2. The van der Waals surface area contributed by atoms with Gasteiger partial charge >= 0.3 is 0 Å². The average Bonchev–Trinajstić information content (AvgIpc) is 2.68. The Morgan fingerprint density at radius 2 is 1.90 bits per heavy atom. The quantitative estimate of drug-likeness (QED) is 0.717. The van der Waals surface area contributed by atoms with Crippen LogP contribution in [0, 0.1) is 17.7 Å². The number of aromatic amines is 1. The lowest BCUT2D eigenvalue weighted by molar-refractivity contribution is -0.123.